The van der Waals surface area contributed by atoms with Crippen LogP contribution in [0.1, 0.15) is 49.9 Å². The fourth-order valence-corrected chi connectivity index (χ4v) is 2.84. The number of carbonyl (C=O) groups excluding carboxylic acids is 1. The van der Waals surface area contributed by atoms with E-state index >= 15 is 0 Å². The highest BCUT2D eigenvalue weighted by atomic mass is 19.1. The van der Waals surface area contributed by atoms with E-state index in [1.807, 2.05) is 4.90 Å². The number of phenols is 1. The minimum Gasteiger partial charge on any atom is -0.507 e. The molecule has 2 rings (SSSR count). The lowest BCUT2D eigenvalue weighted by Gasteiger charge is -2.31. The van der Waals surface area contributed by atoms with Crippen LogP contribution in [0.5, 0.6) is 5.75 Å². The summed E-state index contributed by atoms with van der Waals surface area (Å²) in [6, 6.07) is 3.74. The monoisotopic (exact) mass is 279 g/mol. The number of nitrogens with zero attached hydrogens (tertiary/aromatic N) is 1. The summed E-state index contributed by atoms with van der Waals surface area (Å²) in [7, 11) is 0. The summed E-state index contributed by atoms with van der Waals surface area (Å²) in [4.78, 5) is 14.5. The number of halogens is 1. The first-order chi connectivity index (χ1) is 9.49. The van der Waals surface area contributed by atoms with Gasteiger partial charge in [0, 0.05) is 12.6 Å². The molecular weight excluding hydrogens is 257 g/mol. The van der Waals surface area contributed by atoms with Crippen molar-refractivity contribution < 1.29 is 14.3 Å². The van der Waals surface area contributed by atoms with E-state index in [0.717, 1.165) is 37.8 Å². The standard InChI is InChI=1S/C16H22FNO2/c1-11(2)10-18(13-5-3-4-6-13)16(20)14-9-12(17)7-8-15(14)19/h7-9,11,13,19H,3-6,10H2,1-2H3. The maximum atomic E-state index is 13.3. The van der Waals surface area contributed by atoms with Gasteiger partial charge >= 0.3 is 0 Å². The van der Waals surface area contributed by atoms with Gasteiger partial charge in [0.1, 0.15) is 11.6 Å². The Morgan fingerprint density at radius 3 is 2.65 bits per heavy atom. The Hall–Kier alpha value is -1.58. The molecule has 1 aromatic carbocycles. The molecule has 0 radical (unpaired) electrons. The molecule has 0 aliphatic heterocycles. The molecule has 110 valence electrons. The van der Waals surface area contributed by atoms with E-state index in [9.17, 15) is 14.3 Å². The molecule has 0 spiro atoms. The first-order valence-electron chi connectivity index (χ1n) is 7.28. The predicted octanol–water partition coefficient (Wildman–Crippen LogP) is 3.57. The molecule has 0 bridgehead atoms. The van der Waals surface area contributed by atoms with Crippen molar-refractivity contribution in [2.75, 3.05) is 6.54 Å². The van der Waals surface area contributed by atoms with Gasteiger partial charge in [-0.1, -0.05) is 26.7 Å². The Bertz CT molecular complexity index is 481. The van der Waals surface area contributed by atoms with Gasteiger partial charge in [-0.2, -0.15) is 0 Å². The van der Waals surface area contributed by atoms with Crippen LogP contribution in [0.2, 0.25) is 0 Å². The van der Waals surface area contributed by atoms with Crippen LogP contribution >= 0.6 is 0 Å². The van der Waals surface area contributed by atoms with E-state index in [1.165, 1.54) is 6.07 Å². The normalized spacial score (nSPS) is 15.8. The van der Waals surface area contributed by atoms with Gasteiger partial charge in [-0.15, -0.1) is 0 Å². The molecule has 1 saturated carbocycles. The lowest BCUT2D eigenvalue weighted by atomic mass is 10.1. The fourth-order valence-electron chi connectivity index (χ4n) is 2.84. The third-order valence-corrected chi connectivity index (χ3v) is 3.78. The van der Waals surface area contributed by atoms with Crippen LogP contribution in [-0.2, 0) is 0 Å². The molecule has 1 aliphatic carbocycles. The molecule has 1 N–H and O–H groups in total. The first-order valence-corrected chi connectivity index (χ1v) is 7.28. The second-order valence-corrected chi connectivity index (χ2v) is 5.95. The smallest absolute Gasteiger partial charge is 0.257 e. The minimum atomic E-state index is -0.498. The van der Waals surface area contributed by atoms with Crippen LogP contribution in [0.4, 0.5) is 4.39 Å². The van der Waals surface area contributed by atoms with Crippen LogP contribution < -0.4 is 0 Å². The van der Waals surface area contributed by atoms with Crippen molar-refractivity contribution in [3.05, 3.63) is 29.6 Å². The van der Waals surface area contributed by atoms with Crippen molar-refractivity contribution in [1.82, 2.24) is 4.90 Å². The highest BCUT2D eigenvalue weighted by Gasteiger charge is 2.29. The Morgan fingerprint density at radius 1 is 1.40 bits per heavy atom. The third kappa shape index (κ3) is 3.30. The van der Waals surface area contributed by atoms with Gasteiger partial charge < -0.3 is 10.0 Å². The van der Waals surface area contributed by atoms with Crippen LogP contribution in [0.15, 0.2) is 18.2 Å². The average molecular weight is 279 g/mol. The number of phenolic OH excluding ortho intramolecular Hbond substituents is 1. The molecule has 0 unspecified atom stereocenters. The largest absolute Gasteiger partial charge is 0.507 e. The van der Waals surface area contributed by atoms with Crippen molar-refractivity contribution in [2.24, 2.45) is 5.92 Å². The number of rotatable bonds is 4. The second-order valence-electron chi connectivity index (χ2n) is 5.95. The van der Waals surface area contributed by atoms with Crippen molar-refractivity contribution in [3.8, 4) is 5.75 Å². The van der Waals surface area contributed by atoms with Crippen molar-refractivity contribution in [2.45, 2.75) is 45.6 Å². The quantitative estimate of drug-likeness (QED) is 0.915. The Balaban J connectivity index is 2.27. The van der Waals surface area contributed by atoms with Crippen molar-refractivity contribution in [1.29, 1.82) is 0 Å². The highest BCUT2D eigenvalue weighted by Crippen LogP contribution is 2.28. The number of hydrogen-bond acceptors (Lipinski definition) is 2. The SMILES string of the molecule is CC(C)CN(C(=O)c1cc(F)ccc1O)C1CCCC1. The maximum absolute atomic E-state index is 13.3. The van der Waals surface area contributed by atoms with E-state index in [-0.39, 0.29) is 23.3 Å². The molecule has 20 heavy (non-hydrogen) atoms. The maximum Gasteiger partial charge on any atom is 0.257 e. The molecule has 3 nitrogen and oxygen atoms in total. The zero-order chi connectivity index (χ0) is 14.7. The molecule has 1 aliphatic rings. The van der Waals surface area contributed by atoms with E-state index in [4.69, 9.17) is 0 Å². The van der Waals surface area contributed by atoms with Crippen LogP contribution in [0.3, 0.4) is 0 Å². The number of carbonyl (C=O) groups is 1. The topological polar surface area (TPSA) is 40.5 Å². The van der Waals surface area contributed by atoms with E-state index in [0.29, 0.717) is 12.5 Å². The van der Waals surface area contributed by atoms with E-state index < -0.39 is 5.82 Å². The molecule has 0 saturated heterocycles. The average Bonchev–Trinajstić information content (AvgIpc) is 2.91. The minimum absolute atomic E-state index is 0.0672. The second kappa shape index (κ2) is 6.25. The number of amides is 1. The van der Waals surface area contributed by atoms with Gasteiger partial charge in [-0.25, -0.2) is 4.39 Å². The predicted molar refractivity (Wildman–Crippen MR) is 76.2 cm³/mol. The van der Waals surface area contributed by atoms with Gasteiger partial charge in [0.2, 0.25) is 0 Å². The zero-order valence-corrected chi connectivity index (χ0v) is 12.1. The summed E-state index contributed by atoms with van der Waals surface area (Å²) in [6.07, 6.45) is 4.24. The van der Waals surface area contributed by atoms with E-state index in [1.54, 1.807) is 0 Å². The summed E-state index contributed by atoms with van der Waals surface area (Å²) in [6.45, 7) is 4.75. The lowest BCUT2D eigenvalue weighted by molar-refractivity contribution is 0.0652. The van der Waals surface area contributed by atoms with Gasteiger partial charge in [-0.05, 0) is 37.0 Å². The molecule has 0 heterocycles. The van der Waals surface area contributed by atoms with Gasteiger partial charge in [0.05, 0.1) is 5.56 Å². The number of hydrogen-bond donors (Lipinski definition) is 1. The van der Waals surface area contributed by atoms with Crippen LogP contribution in [0.25, 0.3) is 0 Å². The van der Waals surface area contributed by atoms with Gasteiger partial charge in [0.15, 0.2) is 0 Å². The molecule has 0 aromatic heterocycles. The summed E-state index contributed by atoms with van der Waals surface area (Å²) in [5, 5.41) is 9.82. The van der Waals surface area contributed by atoms with Gasteiger partial charge in [0.25, 0.3) is 5.91 Å². The van der Waals surface area contributed by atoms with Crippen LogP contribution in [0, 0.1) is 11.7 Å². The third-order valence-electron chi connectivity index (χ3n) is 3.78. The Morgan fingerprint density at radius 2 is 2.05 bits per heavy atom. The van der Waals surface area contributed by atoms with Gasteiger partial charge in [-0.3, -0.25) is 4.79 Å². The zero-order valence-electron chi connectivity index (χ0n) is 12.1. The summed E-state index contributed by atoms with van der Waals surface area (Å²) in [5.74, 6) is -0.567. The molecule has 1 aromatic rings. The van der Waals surface area contributed by atoms with Crippen molar-refractivity contribution >= 4 is 5.91 Å². The highest BCUT2D eigenvalue weighted by molar-refractivity contribution is 5.97. The molecule has 4 heteroatoms. The Labute approximate surface area is 119 Å². The van der Waals surface area contributed by atoms with E-state index in [2.05, 4.69) is 13.8 Å². The van der Waals surface area contributed by atoms with Crippen LogP contribution in [-0.4, -0.2) is 28.5 Å². The summed E-state index contributed by atoms with van der Waals surface area (Å²) < 4.78 is 13.3. The Kier molecular flexibility index (Phi) is 4.63. The van der Waals surface area contributed by atoms with Crippen molar-refractivity contribution in [3.63, 3.8) is 0 Å². The lowest BCUT2D eigenvalue weighted by Crippen LogP contribution is -2.41. The summed E-state index contributed by atoms with van der Waals surface area (Å²) in [5.41, 5.74) is 0.0672. The molecule has 1 amide bonds. The fraction of sp³-hybridized carbons (Fsp3) is 0.562. The first kappa shape index (κ1) is 14.8. The molecule has 0 atom stereocenters. The molecule has 1 fully saturated rings. The number of benzene rings is 1. The summed E-state index contributed by atoms with van der Waals surface area (Å²) >= 11 is 0. The number of aromatic hydroxyl groups is 1. The molecular formula is C16H22FNO2.